The molecule has 2 aromatic rings. The van der Waals surface area contributed by atoms with E-state index in [0.717, 1.165) is 24.1 Å². The molecule has 23 heavy (non-hydrogen) atoms. The third-order valence-corrected chi connectivity index (χ3v) is 4.14. The normalized spacial score (nSPS) is 11.2. The molecule has 0 aliphatic heterocycles. The maximum Gasteiger partial charge on any atom is 0.274 e. The van der Waals surface area contributed by atoms with E-state index in [1.807, 2.05) is 64.0 Å². The van der Waals surface area contributed by atoms with Crippen LogP contribution in [0.2, 0.25) is 0 Å². The van der Waals surface area contributed by atoms with E-state index < -0.39 is 0 Å². The lowest BCUT2D eigenvalue weighted by atomic mass is 10.1. The second kappa shape index (κ2) is 6.96. The van der Waals surface area contributed by atoms with Crippen LogP contribution in [0.15, 0.2) is 29.3 Å². The van der Waals surface area contributed by atoms with Gasteiger partial charge in [0.15, 0.2) is 12.4 Å². The molecule has 5 heteroatoms. The molecule has 0 saturated carbocycles. The van der Waals surface area contributed by atoms with Crippen LogP contribution in [0, 0.1) is 20.8 Å². The van der Waals surface area contributed by atoms with Gasteiger partial charge in [-0.2, -0.15) is 4.57 Å². The lowest BCUT2D eigenvalue weighted by molar-refractivity contribution is -0.597. The smallest absolute Gasteiger partial charge is 0.274 e. The maximum atomic E-state index is 12.5. The van der Waals surface area contributed by atoms with Crippen LogP contribution >= 0.6 is 0 Å². The van der Waals surface area contributed by atoms with E-state index in [2.05, 4.69) is 4.90 Å². The summed E-state index contributed by atoms with van der Waals surface area (Å²) in [7, 11) is 3.99. The molecule has 1 N–H and O–H groups in total. The van der Waals surface area contributed by atoms with E-state index in [1.54, 1.807) is 0 Å². The highest BCUT2D eigenvalue weighted by Gasteiger charge is 2.23. The summed E-state index contributed by atoms with van der Waals surface area (Å²) in [4.78, 5) is 14.6. The topological polar surface area (TPSA) is 49.3 Å². The molecule has 2 rings (SSSR count). The largest absolute Gasteiger partial charge is 0.490 e. The number of hydrogen-bond acceptors (Lipinski definition) is 3. The summed E-state index contributed by atoms with van der Waals surface area (Å²) in [6, 6.07) is 3.94. The molecule has 0 aromatic carbocycles. The molecule has 0 unspecified atom stereocenters. The van der Waals surface area contributed by atoms with Crippen molar-refractivity contribution in [2.24, 2.45) is 0 Å². The number of nitrogens with zero attached hydrogens (tertiary/aromatic N) is 3. The molecule has 0 amide bonds. The highest BCUT2D eigenvalue weighted by molar-refractivity contribution is 5.45. The van der Waals surface area contributed by atoms with E-state index in [-0.39, 0.29) is 11.4 Å². The van der Waals surface area contributed by atoms with Crippen LogP contribution in [0.25, 0.3) is 5.69 Å². The highest BCUT2D eigenvalue weighted by atomic mass is 16.3. The van der Waals surface area contributed by atoms with Crippen molar-refractivity contribution in [2.75, 3.05) is 20.6 Å². The second-order valence-electron chi connectivity index (χ2n) is 6.32. The first kappa shape index (κ1) is 17.2. The van der Waals surface area contributed by atoms with Gasteiger partial charge in [-0.3, -0.25) is 9.36 Å². The third kappa shape index (κ3) is 3.62. The zero-order valence-corrected chi connectivity index (χ0v) is 14.6. The van der Waals surface area contributed by atoms with Gasteiger partial charge < -0.3 is 10.0 Å². The van der Waals surface area contributed by atoms with Crippen LogP contribution in [-0.4, -0.2) is 35.2 Å². The fourth-order valence-corrected chi connectivity index (χ4v) is 2.73. The Morgan fingerprint density at radius 2 is 1.91 bits per heavy atom. The summed E-state index contributed by atoms with van der Waals surface area (Å²) in [6.45, 7) is 7.07. The van der Waals surface area contributed by atoms with Crippen molar-refractivity contribution in [3.63, 3.8) is 0 Å². The Morgan fingerprint density at radius 1 is 1.22 bits per heavy atom. The molecule has 0 aliphatic carbocycles. The minimum Gasteiger partial charge on any atom is -0.490 e. The average molecular weight is 316 g/mol. The predicted molar refractivity (Wildman–Crippen MR) is 91.3 cm³/mol. The van der Waals surface area contributed by atoms with Crippen LogP contribution in [0.3, 0.4) is 0 Å². The second-order valence-corrected chi connectivity index (χ2v) is 6.32. The van der Waals surface area contributed by atoms with Gasteiger partial charge in [-0.15, -0.1) is 0 Å². The summed E-state index contributed by atoms with van der Waals surface area (Å²) in [5.41, 5.74) is 3.14. The van der Waals surface area contributed by atoms with Gasteiger partial charge in [0.05, 0.1) is 0 Å². The number of pyridine rings is 2. The van der Waals surface area contributed by atoms with Gasteiger partial charge in [0.25, 0.3) is 17.1 Å². The molecular formula is C18H26N3O2+. The fourth-order valence-electron chi connectivity index (χ4n) is 2.73. The molecule has 0 saturated heterocycles. The summed E-state index contributed by atoms with van der Waals surface area (Å²) in [5, 5.41) is 10.7. The molecule has 5 nitrogen and oxygen atoms in total. The fraction of sp³-hybridized carbons (Fsp3) is 0.444. The molecule has 2 aromatic heterocycles. The van der Waals surface area contributed by atoms with Crippen molar-refractivity contribution in [3.8, 4) is 11.6 Å². The zero-order chi connectivity index (χ0) is 17.1. The van der Waals surface area contributed by atoms with Gasteiger partial charge in [0, 0.05) is 29.3 Å². The Balaban J connectivity index is 2.55. The molecule has 0 fully saturated rings. The van der Waals surface area contributed by atoms with Crippen molar-refractivity contribution in [1.29, 1.82) is 0 Å². The van der Waals surface area contributed by atoms with Crippen LogP contribution in [-0.2, 0) is 6.54 Å². The SMILES string of the molecule is Cc1ccc[n+](-c2c(C)c(C)c(=O)n(CCCN(C)C)c2O)c1. The number of aromatic nitrogens is 2. The Bertz CT molecular complexity index is 764. The molecule has 0 aliphatic rings. The standard InChI is InChI=1S/C18H25N3O2/c1-13-8-6-10-20(12-13)16-14(2)15(3)17(22)21(18(16)23)11-7-9-19(4)5/h6,8,10,12H,7,9,11H2,1-5H3/p+1. The van der Waals surface area contributed by atoms with Crippen molar-refractivity contribution < 1.29 is 9.67 Å². The van der Waals surface area contributed by atoms with Gasteiger partial charge in [0.2, 0.25) is 0 Å². The van der Waals surface area contributed by atoms with Crippen LogP contribution in [0.4, 0.5) is 0 Å². The molecule has 0 atom stereocenters. The summed E-state index contributed by atoms with van der Waals surface area (Å²) >= 11 is 0. The number of aromatic hydroxyl groups is 1. The molecule has 0 spiro atoms. The van der Waals surface area contributed by atoms with Gasteiger partial charge in [-0.25, -0.2) is 0 Å². The first-order chi connectivity index (χ1) is 10.8. The minimum absolute atomic E-state index is 0.0347. The van der Waals surface area contributed by atoms with Gasteiger partial charge >= 0.3 is 0 Å². The number of hydrogen-bond donors (Lipinski definition) is 1. The molecule has 0 radical (unpaired) electrons. The monoisotopic (exact) mass is 316 g/mol. The molecule has 124 valence electrons. The average Bonchev–Trinajstić information content (AvgIpc) is 2.48. The third-order valence-electron chi connectivity index (χ3n) is 4.14. The quantitative estimate of drug-likeness (QED) is 0.854. The Kier molecular flexibility index (Phi) is 5.21. The minimum atomic E-state index is -0.115. The van der Waals surface area contributed by atoms with E-state index in [0.29, 0.717) is 17.8 Å². The van der Waals surface area contributed by atoms with Crippen LogP contribution in [0.5, 0.6) is 5.88 Å². The number of rotatable bonds is 5. The van der Waals surface area contributed by atoms with Gasteiger partial charge in [-0.1, -0.05) is 0 Å². The molecular weight excluding hydrogens is 290 g/mol. The van der Waals surface area contributed by atoms with Gasteiger partial charge in [-0.05, 0) is 53.9 Å². The molecule has 2 heterocycles. The lowest BCUT2D eigenvalue weighted by Gasteiger charge is -2.15. The van der Waals surface area contributed by atoms with E-state index in [1.165, 1.54) is 4.57 Å². The van der Waals surface area contributed by atoms with Crippen molar-refractivity contribution in [2.45, 2.75) is 33.7 Å². The maximum absolute atomic E-state index is 12.5. The van der Waals surface area contributed by atoms with Crippen LogP contribution < -0.4 is 10.1 Å². The zero-order valence-electron chi connectivity index (χ0n) is 14.6. The Labute approximate surface area is 137 Å². The van der Waals surface area contributed by atoms with Crippen molar-refractivity contribution >= 4 is 0 Å². The van der Waals surface area contributed by atoms with E-state index in [9.17, 15) is 9.90 Å². The van der Waals surface area contributed by atoms with Crippen molar-refractivity contribution in [3.05, 3.63) is 51.6 Å². The summed E-state index contributed by atoms with van der Waals surface area (Å²) < 4.78 is 3.37. The Morgan fingerprint density at radius 3 is 2.52 bits per heavy atom. The highest BCUT2D eigenvalue weighted by Crippen LogP contribution is 2.21. The summed E-state index contributed by atoms with van der Waals surface area (Å²) in [6.07, 6.45) is 4.65. The Hall–Kier alpha value is -2.14. The van der Waals surface area contributed by atoms with Crippen molar-refractivity contribution in [1.82, 2.24) is 9.47 Å². The van der Waals surface area contributed by atoms with Gasteiger partial charge in [0.1, 0.15) is 0 Å². The first-order valence-electron chi connectivity index (χ1n) is 7.89. The van der Waals surface area contributed by atoms with E-state index in [4.69, 9.17) is 0 Å². The summed E-state index contributed by atoms with van der Waals surface area (Å²) in [5.74, 6) is 0.0347. The van der Waals surface area contributed by atoms with E-state index >= 15 is 0 Å². The van der Waals surface area contributed by atoms with Crippen LogP contribution in [0.1, 0.15) is 23.1 Å². The predicted octanol–water partition coefficient (Wildman–Crippen LogP) is 1.71. The lowest BCUT2D eigenvalue weighted by Crippen LogP contribution is -2.36. The first-order valence-corrected chi connectivity index (χ1v) is 7.89. The molecule has 0 bridgehead atoms. The number of aryl methyl sites for hydroxylation is 1.